The van der Waals surface area contributed by atoms with Crippen LogP contribution in [0.25, 0.3) is 27.9 Å². The van der Waals surface area contributed by atoms with Crippen molar-refractivity contribution in [2.75, 3.05) is 4.72 Å². The number of aryl methyl sites for hydroxylation is 1. The van der Waals surface area contributed by atoms with Crippen molar-refractivity contribution in [3.8, 4) is 22.3 Å². The third kappa shape index (κ3) is 4.56. The van der Waals surface area contributed by atoms with Crippen LogP contribution in [0.2, 0.25) is 0 Å². The van der Waals surface area contributed by atoms with Crippen LogP contribution in [-0.2, 0) is 23.2 Å². The van der Waals surface area contributed by atoms with Crippen LogP contribution in [0.4, 0.5) is 18.9 Å². The molecule has 4 heterocycles. The summed E-state index contributed by atoms with van der Waals surface area (Å²) in [5, 5.41) is 11.4. The van der Waals surface area contributed by atoms with Crippen LogP contribution in [0.5, 0.6) is 0 Å². The lowest BCUT2D eigenvalue weighted by Crippen LogP contribution is -2.17. The molecule has 1 aromatic carbocycles. The average Bonchev–Trinajstić information content (AvgIpc) is 3.49. The molecule has 0 fully saturated rings. The summed E-state index contributed by atoms with van der Waals surface area (Å²) in [6.45, 7) is 0. The van der Waals surface area contributed by atoms with Gasteiger partial charge in [-0.1, -0.05) is 18.2 Å². The topological polar surface area (TPSA) is 118 Å². The van der Waals surface area contributed by atoms with Crippen molar-refractivity contribution in [1.29, 1.82) is 5.41 Å². The molecule has 9 nitrogen and oxygen atoms in total. The van der Waals surface area contributed by atoms with Crippen molar-refractivity contribution in [3.05, 3.63) is 84.7 Å². The number of pyridine rings is 2. The van der Waals surface area contributed by atoms with Gasteiger partial charge in [-0.25, -0.2) is 4.98 Å². The van der Waals surface area contributed by atoms with Gasteiger partial charge in [-0.2, -0.15) is 26.7 Å². The highest BCUT2D eigenvalue weighted by molar-refractivity contribution is 7.92. The molecule has 0 bridgehead atoms. The second kappa shape index (κ2) is 8.85. The van der Waals surface area contributed by atoms with Crippen molar-refractivity contribution < 1.29 is 21.6 Å². The summed E-state index contributed by atoms with van der Waals surface area (Å²) in [5.41, 5.74) is 0.829. The highest BCUT2D eigenvalue weighted by Gasteiger charge is 2.33. The van der Waals surface area contributed by atoms with E-state index >= 15 is 0 Å². The maximum atomic E-state index is 13.6. The molecule has 0 radical (unpaired) electrons. The normalized spacial score (nSPS) is 12.1. The van der Waals surface area contributed by atoms with Gasteiger partial charge in [0.2, 0.25) is 0 Å². The highest BCUT2D eigenvalue weighted by Crippen LogP contribution is 2.37. The minimum atomic E-state index is -4.59. The van der Waals surface area contributed by atoms with E-state index < -0.39 is 21.8 Å². The van der Waals surface area contributed by atoms with E-state index in [1.165, 1.54) is 53.2 Å². The van der Waals surface area contributed by atoms with E-state index in [1.807, 2.05) is 0 Å². The largest absolute Gasteiger partial charge is 0.417 e. The summed E-state index contributed by atoms with van der Waals surface area (Å²) >= 11 is 0. The quantitative estimate of drug-likeness (QED) is 0.314. The van der Waals surface area contributed by atoms with E-state index in [9.17, 15) is 21.6 Å². The van der Waals surface area contributed by atoms with Crippen LogP contribution in [0.15, 0.2) is 78.5 Å². The second-order valence-corrected chi connectivity index (χ2v) is 9.72. The number of sulfonamides is 1. The van der Waals surface area contributed by atoms with Gasteiger partial charge in [0.25, 0.3) is 10.0 Å². The summed E-state index contributed by atoms with van der Waals surface area (Å²) in [4.78, 5) is 8.25. The van der Waals surface area contributed by atoms with E-state index in [2.05, 4.69) is 19.8 Å². The molecule has 13 heteroatoms. The SMILES string of the molecule is Cn1cc(-c2cnc(C=N)c(NS(=O)(=O)c3cnc4ccc(-c5ccccc5C(F)(F)F)cn34)c2)cn1. The fourth-order valence-corrected chi connectivity index (χ4v) is 5.05. The molecule has 0 amide bonds. The average molecular weight is 526 g/mol. The second-order valence-electron chi connectivity index (χ2n) is 8.10. The summed E-state index contributed by atoms with van der Waals surface area (Å²) in [6.07, 6.45) is 3.53. The third-order valence-electron chi connectivity index (χ3n) is 5.63. The molecule has 2 N–H and O–H groups in total. The van der Waals surface area contributed by atoms with Gasteiger partial charge in [0.1, 0.15) is 11.3 Å². The number of hydrogen-bond donors (Lipinski definition) is 2. The highest BCUT2D eigenvalue weighted by atomic mass is 32.2. The summed E-state index contributed by atoms with van der Waals surface area (Å²) < 4.78 is 72.7. The Labute approximate surface area is 208 Å². The van der Waals surface area contributed by atoms with Crippen LogP contribution >= 0.6 is 0 Å². The Balaban J connectivity index is 1.58. The van der Waals surface area contributed by atoms with Crippen LogP contribution in [0, 0.1) is 5.41 Å². The first-order chi connectivity index (χ1) is 17.6. The Hall–Kier alpha value is -4.52. The number of nitrogens with one attached hydrogen (secondary N) is 2. The van der Waals surface area contributed by atoms with Crippen molar-refractivity contribution in [2.45, 2.75) is 11.2 Å². The van der Waals surface area contributed by atoms with Gasteiger partial charge in [0.15, 0.2) is 5.03 Å². The lowest BCUT2D eigenvalue weighted by molar-refractivity contribution is -0.137. The number of alkyl halides is 3. The minimum Gasteiger partial charge on any atom is -0.306 e. The zero-order chi connectivity index (χ0) is 26.4. The first-order valence-corrected chi connectivity index (χ1v) is 12.2. The van der Waals surface area contributed by atoms with Gasteiger partial charge >= 0.3 is 6.18 Å². The fraction of sp³-hybridized carbons (Fsp3) is 0.0833. The van der Waals surface area contributed by atoms with Crippen LogP contribution < -0.4 is 4.72 Å². The van der Waals surface area contributed by atoms with E-state index in [-0.39, 0.29) is 33.2 Å². The van der Waals surface area contributed by atoms with Crippen LogP contribution in [0.1, 0.15) is 11.3 Å². The van der Waals surface area contributed by atoms with Gasteiger partial charge in [0, 0.05) is 43.0 Å². The third-order valence-corrected chi connectivity index (χ3v) is 6.97. The van der Waals surface area contributed by atoms with E-state index in [1.54, 1.807) is 24.1 Å². The number of rotatable bonds is 6. The number of halogens is 3. The molecule has 0 saturated carbocycles. The van der Waals surface area contributed by atoms with Crippen LogP contribution in [-0.4, -0.2) is 38.8 Å². The zero-order valence-electron chi connectivity index (χ0n) is 19.1. The van der Waals surface area contributed by atoms with Crippen molar-refractivity contribution in [3.63, 3.8) is 0 Å². The molecule has 0 aliphatic rings. The lowest BCUT2D eigenvalue weighted by atomic mass is 10.0. The molecule has 0 spiro atoms. The number of benzene rings is 1. The molecule has 0 unspecified atom stereocenters. The van der Waals surface area contributed by atoms with E-state index in [4.69, 9.17) is 5.41 Å². The monoisotopic (exact) mass is 525 g/mol. The molecular weight excluding hydrogens is 507 g/mol. The van der Waals surface area contributed by atoms with Crippen molar-refractivity contribution in [1.82, 2.24) is 24.1 Å². The number of aromatic nitrogens is 5. The molecule has 37 heavy (non-hydrogen) atoms. The standard InChI is InChI=1S/C24H18F3N7O2S/c1-33-13-17(11-31-33)16-8-20(21(9-28)29-10-16)32-37(35,36)23-12-30-22-7-6-15(14-34(22)23)18-4-2-3-5-19(18)24(25,26)27/h2-14,28,32H,1H3. The predicted molar refractivity (Wildman–Crippen MR) is 131 cm³/mol. The Kier molecular flexibility index (Phi) is 5.79. The molecule has 4 aromatic heterocycles. The number of fused-ring (bicyclic) bond motifs is 1. The maximum Gasteiger partial charge on any atom is 0.417 e. The summed E-state index contributed by atoms with van der Waals surface area (Å²) in [6, 6.07) is 9.46. The molecule has 5 rings (SSSR count). The predicted octanol–water partition coefficient (Wildman–Crippen LogP) is 4.61. The molecule has 188 valence electrons. The number of hydrogen-bond acceptors (Lipinski definition) is 6. The first-order valence-electron chi connectivity index (χ1n) is 10.7. The minimum absolute atomic E-state index is 0.0462. The van der Waals surface area contributed by atoms with E-state index in [0.29, 0.717) is 11.1 Å². The van der Waals surface area contributed by atoms with Gasteiger partial charge in [0.05, 0.1) is 23.6 Å². The van der Waals surface area contributed by atoms with Crippen LogP contribution in [0.3, 0.4) is 0 Å². The smallest absolute Gasteiger partial charge is 0.306 e. The molecular formula is C24H18F3N7O2S. The first kappa shape index (κ1) is 24.2. The summed E-state index contributed by atoms with van der Waals surface area (Å²) in [5.74, 6) is 0. The Morgan fingerprint density at radius 3 is 2.46 bits per heavy atom. The molecule has 0 aliphatic carbocycles. The molecule has 0 aliphatic heterocycles. The van der Waals surface area contributed by atoms with Gasteiger partial charge in [-0.05, 0) is 35.4 Å². The van der Waals surface area contributed by atoms with Gasteiger partial charge in [-0.15, -0.1) is 0 Å². The van der Waals surface area contributed by atoms with E-state index in [0.717, 1.165) is 18.5 Å². The van der Waals surface area contributed by atoms with Gasteiger partial charge in [-0.3, -0.25) is 18.8 Å². The van der Waals surface area contributed by atoms with Gasteiger partial charge < -0.3 is 5.41 Å². The van der Waals surface area contributed by atoms with Crippen molar-refractivity contribution >= 4 is 27.6 Å². The van der Waals surface area contributed by atoms with Crippen molar-refractivity contribution in [2.24, 2.45) is 7.05 Å². The summed E-state index contributed by atoms with van der Waals surface area (Å²) in [7, 11) is -2.56. The Bertz CT molecular complexity index is 1760. The maximum absolute atomic E-state index is 13.6. The molecule has 0 atom stereocenters. The fourth-order valence-electron chi connectivity index (χ4n) is 3.90. The zero-order valence-corrected chi connectivity index (χ0v) is 19.9. The number of anilines is 1. The molecule has 5 aromatic rings. The Morgan fingerprint density at radius 2 is 1.76 bits per heavy atom. The molecule has 0 saturated heterocycles. The number of imidazole rings is 1. The Morgan fingerprint density at radius 1 is 0.973 bits per heavy atom. The number of nitrogens with zero attached hydrogens (tertiary/aromatic N) is 5. The lowest BCUT2D eigenvalue weighted by Gasteiger charge is -2.14.